The number of nitrogens with one attached hydrogen (secondary N) is 3. The predicted octanol–water partition coefficient (Wildman–Crippen LogP) is 0.773. The van der Waals surface area contributed by atoms with E-state index in [0.29, 0.717) is 17.8 Å². The third-order valence-electron chi connectivity index (χ3n) is 3.66. The first kappa shape index (κ1) is 15.7. The minimum atomic E-state index is -3.83. The number of hydrogen-bond acceptors (Lipinski definition) is 4. The number of carbonyl (C=O) groups excluding carboxylic acids is 1. The largest absolute Gasteiger partial charge is 0.324 e. The van der Waals surface area contributed by atoms with Gasteiger partial charge in [0.15, 0.2) is 0 Å². The molecular weight excluding hydrogens is 292 g/mol. The van der Waals surface area contributed by atoms with Crippen molar-refractivity contribution >= 4 is 27.5 Å². The van der Waals surface area contributed by atoms with Crippen LogP contribution in [-0.2, 0) is 15.0 Å². The van der Waals surface area contributed by atoms with Crippen molar-refractivity contribution in [2.45, 2.75) is 31.7 Å². The first-order chi connectivity index (χ1) is 9.85. The van der Waals surface area contributed by atoms with Gasteiger partial charge in [0.25, 0.3) is 10.2 Å². The predicted molar refractivity (Wildman–Crippen MR) is 82.1 cm³/mol. The maximum atomic E-state index is 12.4. The molecule has 1 fully saturated rings. The smallest absolute Gasteiger partial charge is 0.296 e. The molecule has 0 radical (unpaired) electrons. The fraction of sp³-hybridized carbons (Fsp3) is 0.462. The molecule has 1 saturated heterocycles. The van der Waals surface area contributed by atoms with Crippen LogP contribution in [0.3, 0.4) is 0 Å². The first-order valence-corrected chi connectivity index (χ1v) is 8.36. The SMILES string of the molecule is CCC1(C(=O)Nc2cccc(NS(N)(=O)=O)c2)CCCN1. The van der Waals surface area contributed by atoms with Gasteiger partial charge in [-0.1, -0.05) is 13.0 Å². The van der Waals surface area contributed by atoms with E-state index in [1.54, 1.807) is 18.2 Å². The summed E-state index contributed by atoms with van der Waals surface area (Å²) >= 11 is 0. The van der Waals surface area contributed by atoms with Crippen LogP contribution in [0.2, 0.25) is 0 Å². The number of anilines is 2. The molecule has 1 aliphatic heterocycles. The number of hydrogen-bond donors (Lipinski definition) is 4. The molecule has 8 heteroatoms. The van der Waals surface area contributed by atoms with E-state index < -0.39 is 15.7 Å². The third kappa shape index (κ3) is 3.93. The second-order valence-corrected chi connectivity index (χ2v) is 6.44. The summed E-state index contributed by atoms with van der Waals surface area (Å²) in [5, 5.41) is 11.0. The molecule has 1 heterocycles. The van der Waals surface area contributed by atoms with E-state index >= 15 is 0 Å². The zero-order valence-electron chi connectivity index (χ0n) is 11.8. The van der Waals surface area contributed by atoms with E-state index in [4.69, 9.17) is 5.14 Å². The van der Waals surface area contributed by atoms with Gasteiger partial charge in [-0.15, -0.1) is 0 Å². The molecule has 0 aliphatic carbocycles. The van der Waals surface area contributed by atoms with Crippen LogP contribution in [0.25, 0.3) is 0 Å². The Morgan fingerprint density at radius 1 is 1.43 bits per heavy atom. The van der Waals surface area contributed by atoms with Gasteiger partial charge in [0, 0.05) is 5.69 Å². The molecule has 5 N–H and O–H groups in total. The topological polar surface area (TPSA) is 113 Å². The molecule has 1 atom stereocenters. The van der Waals surface area contributed by atoms with Crippen molar-refractivity contribution in [3.63, 3.8) is 0 Å². The Morgan fingerprint density at radius 2 is 2.14 bits per heavy atom. The molecular formula is C13H20N4O3S. The van der Waals surface area contributed by atoms with Crippen molar-refractivity contribution in [1.82, 2.24) is 5.32 Å². The van der Waals surface area contributed by atoms with E-state index in [0.717, 1.165) is 19.4 Å². The molecule has 116 valence electrons. The number of nitrogens with two attached hydrogens (primary N) is 1. The van der Waals surface area contributed by atoms with Gasteiger partial charge in [0.05, 0.1) is 11.2 Å². The van der Waals surface area contributed by atoms with Gasteiger partial charge in [-0.05, 0) is 44.0 Å². The van der Waals surface area contributed by atoms with Crippen LogP contribution in [0.4, 0.5) is 11.4 Å². The quantitative estimate of drug-likeness (QED) is 0.643. The first-order valence-electron chi connectivity index (χ1n) is 6.82. The molecule has 1 aliphatic rings. The maximum absolute atomic E-state index is 12.4. The minimum absolute atomic E-state index is 0.102. The summed E-state index contributed by atoms with van der Waals surface area (Å²) < 4.78 is 24.2. The maximum Gasteiger partial charge on any atom is 0.296 e. The highest BCUT2D eigenvalue weighted by Gasteiger charge is 2.39. The second kappa shape index (κ2) is 6.00. The van der Waals surface area contributed by atoms with Crippen LogP contribution in [0, 0.1) is 0 Å². The Kier molecular flexibility index (Phi) is 4.50. The highest BCUT2D eigenvalue weighted by atomic mass is 32.2. The summed E-state index contributed by atoms with van der Waals surface area (Å²) in [6, 6.07) is 6.43. The van der Waals surface area contributed by atoms with Crippen LogP contribution < -0.4 is 20.5 Å². The minimum Gasteiger partial charge on any atom is -0.324 e. The fourth-order valence-corrected chi connectivity index (χ4v) is 2.99. The molecule has 1 unspecified atom stereocenters. The van der Waals surface area contributed by atoms with Crippen LogP contribution in [-0.4, -0.2) is 26.4 Å². The van der Waals surface area contributed by atoms with E-state index in [1.807, 2.05) is 6.92 Å². The Hall–Kier alpha value is -1.64. The van der Waals surface area contributed by atoms with Crippen LogP contribution in [0.5, 0.6) is 0 Å². The molecule has 1 amide bonds. The number of carbonyl (C=O) groups is 1. The number of rotatable bonds is 5. The molecule has 0 saturated carbocycles. The summed E-state index contributed by atoms with van der Waals surface area (Å²) in [5.74, 6) is -0.102. The van der Waals surface area contributed by atoms with Gasteiger partial charge in [-0.3, -0.25) is 9.52 Å². The Bertz CT molecular complexity index is 624. The molecule has 0 bridgehead atoms. The van der Waals surface area contributed by atoms with E-state index in [1.165, 1.54) is 6.07 Å². The molecule has 1 aromatic rings. The van der Waals surface area contributed by atoms with Gasteiger partial charge in [-0.25, -0.2) is 5.14 Å². The highest BCUT2D eigenvalue weighted by molar-refractivity contribution is 7.90. The molecule has 0 spiro atoms. The lowest BCUT2D eigenvalue weighted by atomic mass is 9.93. The molecule has 2 rings (SSSR count). The summed E-state index contributed by atoms with van der Waals surface area (Å²) in [5.41, 5.74) is 0.291. The Morgan fingerprint density at radius 3 is 2.71 bits per heavy atom. The van der Waals surface area contributed by atoms with Gasteiger partial charge in [0.1, 0.15) is 0 Å². The number of amides is 1. The van der Waals surface area contributed by atoms with Gasteiger partial charge < -0.3 is 10.6 Å². The molecule has 1 aromatic carbocycles. The van der Waals surface area contributed by atoms with Crippen molar-refractivity contribution in [2.75, 3.05) is 16.6 Å². The number of benzene rings is 1. The Balaban J connectivity index is 2.12. The van der Waals surface area contributed by atoms with E-state index in [-0.39, 0.29) is 5.91 Å². The zero-order valence-corrected chi connectivity index (χ0v) is 12.7. The highest BCUT2D eigenvalue weighted by Crippen LogP contribution is 2.25. The van der Waals surface area contributed by atoms with Crippen molar-refractivity contribution in [3.8, 4) is 0 Å². The van der Waals surface area contributed by atoms with E-state index in [2.05, 4.69) is 15.4 Å². The molecule has 0 aromatic heterocycles. The van der Waals surface area contributed by atoms with Gasteiger partial charge in [-0.2, -0.15) is 8.42 Å². The zero-order chi connectivity index (χ0) is 15.5. The second-order valence-electron chi connectivity index (χ2n) is 5.15. The van der Waals surface area contributed by atoms with Gasteiger partial charge in [0.2, 0.25) is 5.91 Å². The summed E-state index contributed by atoms with van der Waals surface area (Å²) in [6.45, 7) is 2.80. The third-order valence-corrected chi connectivity index (χ3v) is 4.18. The summed E-state index contributed by atoms with van der Waals surface area (Å²) in [4.78, 5) is 12.4. The summed E-state index contributed by atoms with van der Waals surface area (Å²) in [7, 11) is -3.83. The molecule has 7 nitrogen and oxygen atoms in total. The lowest BCUT2D eigenvalue weighted by Gasteiger charge is -2.26. The lowest BCUT2D eigenvalue weighted by Crippen LogP contribution is -2.50. The summed E-state index contributed by atoms with van der Waals surface area (Å²) in [6.07, 6.45) is 2.46. The van der Waals surface area contributed by atoms with Crippen molar-refractivity contribution in [2.24, 2.45) is 5.14 Å². The van der Waals surface area contributed by atoms with Gasteiger partial charge >= 0.3 is 0 Å². The molecule has 21 heavy (non-hydrogen) atoms. The van der Waals surface area contributed by atoms with Crippen LogP contribution >= 0.6 is 0 Å². The monoisotopic (exact) mass is 312 g/mol. The van der Waals surface area contributed by atoms with Crippen LogP contribution in [0.15, 0.2) is 24.3 Å². The van der Waals surface area contributed by atoms with Crippen molar-refractivity contribution in [1.29, 1.82) is 0 Å². The standard InChI is InChI=1S/C13H20N4O3S/c1-2-13(7-4-8-15-13)12(18)16-10-5-3-6-11(9-10)17-21(14,19)20/h3,5-6,9,15,17H,2,4,7-8H2,1H3,(H,16,18)(H2,14,19,20). The average Bonchev–Trinajstić information content (AvgIpc) is 2.87. The van der Waals surface area contributed by atoms with Crippen molar-refractivity contribution < 1.29 is 13.2 Å². The Labute approximate surface area is 124 Å². The average molecular weight is 312 g/mol. The lowest BCUT2D eigenvalue weighted by molar-refractivity contribution is -0.122. The normalized spacial score (nSPS) is 22.0. The van der Waals surface area contributed by atoms with E-state index in [9.17, 15) is 13.2 Å². The van der Waals surface area contributed by atoms with Crippen LogP contribution in [0.1, 0.15) is 26.2 Å². The van der Waals surface area contributed by atoms with Crippen molar-refractivity contribution in [3.05, 3.63) is 24.3 Å². The fourth-order valence-electron chi connectivity index (χ4n) is 2.54.